The molecule has 8 rings (SSSR count). The summed E-state index contributed by atoms with van der Waals surface area (Å²) in [5.74, 6) is 1.67. The number of halogens is 5. The molecule has 56 heavy (non-hydrogen) atoms. The van der Waals surface area contributed by atoms with Gasteiger partial charge in [-0.2, -0.15) is 0 Å². The van der Waals surface area contributed by atoms with Gasteiger partial charge in [-0.1, -0.05) is 44.1 Å². The molecule has 9 nitrogen and oxygen atoms in total. The molecule has 2 aliphatic rings. The number of imidazole rings is 2. The number of pyridine rings is 2. The lowest BCUT2D eigenvalue weighted by molar-refractivity contribution is 0.262. The number of alkyl halides is 3. The quantitative estimate of drug-likeness (QED) is 0.179. The molecule has 2 aromatic carbocycles. The Morgan fingerprint density at radius 1 is 0.768 bits per heavy atom. The van der Waals surface area contributed by atoms with Crippen LogP contribution in [0.1, 0.15) is 55.3 Å². The molecule has 2 saturated heterocycles. The summed E-state index contributed by atoms with van der Waals surface area (Å²) in [4.78, 5) is 13.8. The fourth-order valence-corrected chi connectivity index (χ4v) is 6.69. The van der Waals surface area contributed by atoms with E-state index in [1.807, 2.05) is 65.3 Å². The van der Waals surface area contributed by atoms with Gasteiger partial charge < -0.3 is 24.6 Å². The second-order valence-electron chi connectivity index (χ2n) is 12.8. The molecule has 0 saturated carbocycles. The zero-order valence-corrected chi connectivity index (χ0v) is 34.9. The Hall–Kier alpha value is -3.78. The molecule has 4 aromatic heterocycles. The van der Waals surface area contributed by atoms with E-state index in [0.717, 1.165) is 81.2 Å². The van der Waals surface area contributed by atoms with Gasteiger partial charge in [-0.3, -0.25) is 13.2 Å². The predicted molar refractivity (Wildman–Crippen MR) is 234 cm³/mol. The molecule has 2 aliphatic heterocycles. The number of rotatable bonds is 6. The first kappa shape index (κ1) is 46.6. The summed E-state index contributed by atoms with van der Waals surface area (Å²) in [6, 6.07) is 19.9. The number of anilines is 1. The molecule has 0 bridgehead atoms. The van der Waals surface area contributed by atoms with Crippen molar-refractivity contribution in [2.24, 2.45) is 0 Å². The molecule has 14 heteroatoms. The van der Waals surface area contributed by atoms with Gasteiger partial charge in [-0.25, -0.2) is 18.7 Å². The van der Waals surface area contributed by atoms with Gasteiger partial charge in [-0.15, -0.1) is 12.4 Å². The fourth-order valence-electron chi connectivity index (χ4n) is 6.36. The molecule has 6 aromatic rings. The van der Waals surface area contributed by atoms with Crippen molar-refractivity contribution in [1.29, 1.82) is 0 Å². The molecular formula is C42H60BrClF3N7O2. The largest absolute Gasteiger partial charge is 0.497 e. The van der Waals surface area contributed by atoms with Crippen molar-refractivity contribution in [1.82, 2.24) is 29.0 Å². The van der Waals surface area contributed by atoms with Crippen LogP contribution < -0.4 is 19.7 Å². The third-order valence-corrected chi connectivity index (χ3v) is 10.1. The van der Waals surface area contributed by atoms with Gasteiger partial charge in [-0.05, 0) is 101 Å². The van der Waals surface area contributed by atoms with Crippen molar-refractivity contribution in [2.45, 2.75) is 66.2 Å². The van der Waals surface area contributed by atoms with Crippen LogP contribution in [-0.2, 0) is 0 Å². The Kier molecular flexibility index (Phi) is 20.6. The highest BCUT2D eigenvalue weighted by Crippen LogP contribution is 2.27. The van der Waals surface area contributed by atoms with E-state index in [1.54, 1.807) is 14.2 Å². The monoisotopic (exact) mass is 866 g/mol. The SMILES string of the molecule is C.CCN(CC)CC.COc1ccc2nc3cc(Br)ccn3c2c1.COc1ccc2nc3cc(N4CCC(F)CC4)ccn3c2c1.Cl.FC1CCNCC1.[2H]CF. The number of piperidine rings is 2. The molecular weight excluding hydrogens is 807 g/mol. The van der Waals surface area contributed by atoms with Crippen LogP contribution in [0.5, 0.6) is 11.5 Å². The van der Waals surface area contributed by atoms with Gasteiger partial charge in [0.25, 0.3) is 0 Å². The van der Waals surface area contributed by atoms with E-state index < -0.39 is 19.5 Å². The molecule has 0 radical (unpaired) electrons. The minimum atomic E-state index is -1.00. The smallest absolute Gasteiger partial charge is 0.139 e. The Bertz CT molecular complexity index is 2030. The first-order valence-electron chi connectivity index (χ1n) is 19.3. The number of methoxy groups -OCH3 is 2. The Morgan fingerprint density at radius 3 is 1.66 bits per heavy atom. The zero-order valence-electron chi connectivity index (χ0n) is 33.5. The number of hydrogen-bond acceptors (Lipinski definition) is 7. The summed E-state index contributed by atoms with van der Waals surface area (Å²) in [6.45, 7) is 13.4. The van der Waals surface area contributed by atoms with Crippen molar-refractivity contribution in [3.63, 3.8) is 0 Å². The molecule has 0 unspecified atom stereocenters. The molecule has 0 atom stereocenters. The fraction of sp³-hybridized carbons (Fsp3) is 0.476. The van der Waals surface area contributed by atoms with Crippen LogP contribution in [-0.4, -0.2) is 103 Å². The van der Waals surface area contributed by atoms with Crippen LogP contribution in [0.25, 0.3) is 33.4 Å². The number of aromatic nitrogens is 4. The van der Waals surface area contributed by atoms with E-state index in [-0.39, 0.29) is 19.8 Å². The molecule has 6 heterocycles. The van der Waals surface area contributed by atoms with Crippen LogP contribution in [0.2, 0.25) is 0 Å². The van der Waals surface area contributed by atoms with Gasteiger partial charge in [0.1, 0.15) is 35.1 Å². The summed E-state index contributed by atoms with van der Waals surface area (Å²) >= 11 is 3.44. The predicted octanol–water partition coefficient (Wildman–Crippen LogP) is 10.4. The standard InChI is InChI=1S/C17H18FN3O.C12H9BrN2O.C6H15N.C5H10FN.CH3F.CH4.ClH/c1-22-14-2-3-15-16(11-14)21-9-6-13(10-17(21)19-15)20-7-4-12(18)5-8-20;1-16-9-2-3-10-11(7-9)15-5-4-8(13)6-12(15)14-10;1-4-7(5-2)6-3;6-5-1-3-7-4-2-5;1-2;;/h2-3,6,9-12H,4-5,7-8H2,1H3;2-7H,1H3;4-6H2,1-3H3;5,7H,1-4H2;1H3;1H4;1H/i;;;;1D;;. The van der Waals surface area contributed by atoms with E-state index in [4.69, 9.17) is 10.8 Å². The lowest BCUT2D eigenvalue weighted by atomic mass is 10.1. The maximum Gasteiger partial charge on any atom is 0.139 e. The zero-order chi connectivity index (χ0) is 39.7. The first-order chi connectivity index (χ1) is 26.7. The summed E-state index contributed by atoms with van der Waals surface area (Å²) in [6.07, 6.45) is 5.48. The van der Waals surface area contributed by atoms with Crippen LogP contribution in [0.15, 0.2) is 77.5 Å². The summed E-state index contributed by atoms with van der Waals surface area (Å²) in [5, 5.41) is 3.08. The highest BCUT2D eigenvalue weighted by molar-refractivity contribution is 9.10. The van der Waals surface area contributed by atoms with Gasteiger partial charge in [0.05, 0.1) is 44.8 Å². The number of fused-ring (bicyclic) bond motifs is 6. The lowest BCUT2D eigenvalue weighted by Crippen LogP contribution is -2.34. The molecule has 0 amide bonds. The topological polar surface area (TPSA) is 71.6 Å². The summed E-state index contributed by atoms with van der Waals surface area (Å²) in [5.41, 5.74) is 6.95. The summed E-state index contributed by atoms with van der Waals surface area (Å²) in [7, 11) is 2.33. The van der Waals surface area contributed by atoms with Gasteiger partial charge in [0.2, 0.25) is 0 Å². The van der Waals surface area contributed by atoms with Crippen LogP contribution >= 0.6 is 28.3 Å². The molecule has 310 valence electrons. The lowest BCUT2D eigenvalue weighted by Gasteiger charge is -2.30. The Labute approximate surface area is 346 Å². The van der Waals surface area contributed by atoms with E-state index in [2.05, 4.69) is 78.3 Å². The maximum absolute atomic E-state index is 13.3. The van der Waals surface area contributed by atoms with Crippen molar-refractivity contribution in [3.05, 3.63) is 77.5 Å². The van der Waals surface area contributed by atoms with Gasteiger partial charge in [0, 0.05) is 53.8 Å². The van der Waals surface area contributed by atoms with E-state index in [0.29, 0.717) is 25.7 Å². The van der Waals surface area contributed by atoms with Crippen LogP contribution in [0.3, 0.4) is 0 Å². The van der Waals surface area contributed by atoms with E-state index in [1.165, 1.54) is 19.6 Å². The van der Waals surface area contributed by atoms with Crippen LogP contribution in [0, 0.1) is 0 Å². The maximum atomic E-state index is 13.3. The molecule has 0 aliphatic carbocycles. The molecule has 0 spiro atoms. The van der Waals surface area contributed by atoms with E-state index in [9.17, 15) is 13.2 Å². The van der Waals surface area contributed by atoms with Crippen molar-refractivity contribution >= 4 is 67.4 Å². The second kappa shape index (κ2) is 24.8. The first-order valence-corrected chi connectivity index (χ1v) is 19.4. The third kappa shape index (κ3) is 13.1. The van der Waals surface area contributed by atoms with Crippen molar-refractivity contribution in [2.75, 3.05) is 72.1 Å². The minimum absolute atomic E-state index is 0. The third-order valence-electron chi connectivity index (χ3n) is 9.57. The number of benzene rings is 2. The van der Waals surface area contributed by atoms with Gasteiger partial charge in [0.15, 0.2) is 0 Å². The average Bonchev–Trinajstić information content (AvgIpc) is 3.76. The number of ether oxygens (including phenoxy) is 2. The average molecular weight is 868 g/mol. The summed E-state index contributed by atoms with van der Waals surface area (Å²) < 4.78 is 56.6. The van der Waals surface area contributed by atoms with E-state index >= 15 is 0 Å². The Balaban J connectivity index is 0.000000280. The number of hydrogen-bond donors (Lipinski definition) is 1. The highest BCUT2D eigenvalue weighted by Gasteiger charge is 2.19. The number of nitrogens with zero attached hydrogens (tertiary/aromatic N) is 6. The molecule has 1 N–H and O–H groups in total. The minimum Gasteiger partial charge on any atom is -0.497 e. The van der Waals surface area contributed by atoms with Crippen LogP contribution in [0.4, 0.5) is 18.9 Å². The van der Waals surface area contributed by atoms with Gasteiger partial charge >= 0.3 is 0 Å². The van der Waals surface area contributed by atoms with Crippen molar-refractivity contribution in [3.8, 4) is 11.5 Å². The molecule has 2 fully saturated rings. The Morgan fingerprint density at radius 2 is 1.23 bits per heavy atom. The normalized spacial score (nSPS) is 14.5. The second-order valence-corrected chi connectivity index (χ2v) is 13.7. The van der Waals surface area contributed by atoms with Crippen molar-refractivity contribution < 1.29 is 24.0 Å². The highest BCUT2D eigenvalue weighted by atomic mass is 79.9. The number of nitrogens with one attached hydrogen (secondary N) is 1.